The molecule has 4 nitrogen and oxygen atoms in total. The summed E-state index contributed by atoms with van der Waals surface area (Å²) in [6.45, 7) is 7.42. The van der Waals surface area contributed by atoms with Crippen molar-refractivity contribution in [1.82, 2.24) is 5.32 Å². The molecule has 0 aliphatic heterocycles. The number of amides is 1. The summed E-state index contributed by atoms with van der Waals surface area (Å²) in [5.74, 6) is 0. The smallest absolute Gasteiger partial charge is 0.410 e. The maximum absolute atomic E-state index is 11.9. The Bertz CT molecular complexity index is 425. The lowest BCUT2D eigenvalue weighted by Gasteiger charge is -2.31. The Morgan fingerprint density at radius 2 is 1.85 bits per heavy atom. The van der Waals surface area contributed by atoms with Crippen LogP contribution in [0.5, 0.6) is 0 Å². The van der Waals surface area contributed by atoms with Gasteiger partial charge in [0.1, 0.15) is 5.60 Å². The molecule has 0 fully saturated rings. The molecule has 1 aromatic carbocycles. The van der Waals surface area contributed by atoms with E-state index in [1.165, 1.54) is 0 Å². The van der Waals surface area contributed by atoms with Gasteiger partial charge in [-0.05, 0) is 33.6 Å². The Kier molecular flexibility index (Phi) is 5.57. The fraction of sp³-hybridized carbons (Fsp3) is 0.562. The first-order valence-electron chi connectivity index (χ1n) is 7.06. The molecule has 1 unspecified atom stereocenters. The number of alkyl carbamates (subject to hydrolysis) is 1. The zero-order valence-corrected chi connectivity index (χ0v) is 12.8. The van der Waals surface area contributed by atoms with Gasteiger partial charge in [0.2, 0.25) is 0 Å². The SMILES string of the molecule is CCCCC(O)(NC(=O)OC(C)(C)C)c1ccccc1. The van der Waals surface area contributed by atoms with Crippen molar-refractivity contribution in [2.45, 2.75) is 58.3 Å². The fourth-order valence-corrected chi connectivity index (χ4v) is 1.90. The molecule has 0 aliphatic rings. The molecule has 112 valence electrons. The summed E-state index contributed by atoms with van der Waals surface area (Å²) in [6, 6.07) is 9.14. The number of carbonyl (C=O) groups is 1. The quantitative estimate of drug-likeness (QED) is 0.810. The topological polar surface area (TPSA) is 58.6 Å². The third kappa shape index (κ3) is 5.21. The van der Waals surface area contributed by atoms with E-state index in [1.54, 1.807) is 32.9 Å². The highest BCUT2D eigenvalue weighted by Crippen LogP contribution is 2.25. The molecule has 4 heteroatoms. The van der Waals surface area contributed by atoms with Gasteiger partial charge in [0.05, 0.1) is 0 Å². The normalized spacial score (nSPS) is 14.4. The summed E-state index contributed by atoms with van der Waals surface area (Å²) in [6.07, 6.45) is 1.58. The van der Waals surface area contributed by atoms with Crippen LogP contribution in [-0.4, -0.2) is 16.8 Å². The van der Waals surface area contributed by atoms with Gasteiger partial charge in [-0.3, -0.25) is 5.32 Å². The van der Waals surface area contributed by atoms with Crippen molar-refractivity contribution in [2.75, 3.05) is 0 Å². The van der Waals surface area contributed by atoms with Crippen molar-refractivity contribution >= 4 is 6.09 Å². The van der Waals surface area contributed by atoms with Crippen LogP contribution in [0.3, 0.4) is 0 Å². The molecule has 0 saturated carbocycles. The van der Waals surface area contributed by atoms with Gasteiger partial charge >= 0.3 is 6.09 Å². The van der Waals surface area contributed by atoms with E-state index in [9.17, 15) is 9.90 Å². The number of aliphatic hydroxyl groups is 1. The van der Waals surface area contributed by atoms with Crippen molar-refractivity contribution in [3.8, 4) is 0 Å². The molecule has 0 heterocycles. The monoisotopic (exact) mass is 279 g/mol. The Morgan fingerprint density at radius 1 is 1.25 bits per heavy atom. The predicted octanol–water partition coefficient (Wildman–Crippen LogP) is 3.55. The zero-order chi connectivity index (χ0) is 15.2. The summed E-state index contributed by atoms with van der Waals surface area (Å²) < 4.78 is 5.22. The fourth-order valence-electron chi connectivity index (χ4n) is 1.90. The van der Waals surface area contributed by atoms with Crippen molar-refractivity contribution in [3.05, 3.63) is 35.9 Å². The lowest BCUT2D eigenvalue weighted by Crippen LogP contribution is -2.47. The Morgan fingerprint density at radius 3 is 2.35 bits per heavy atom. The lowest BCUT2D eigenvalue weighted by atomic mass is 9.97. The van der Waals surface area contributed by atoms with E-state index in [-0.39, 0.29) is 0 Å². The van der Waals surface area contributed by atoms with Crippen LogP contribution in [0.1, 0.15) is 52.5 Å². The number of ether oxygens (including phenoxy) is 1. The maximum Gasteiger partial charge on any atom is 0.410 e. The van der Waals surface area contributed by atoms with E-state index in [4.69, 9.17) is 4.74 Å². The minimum atomic E-state index is -1.39. The number of hydrogen-bond acceptors (Lipinski definition) is 3. The number of rotatable bonds is 5. The van der Waals surface area contributed by atoms with Crippen LogP contribution in [0.15, 0.2) is 30.3 Å². The van der Waals surface area contributed by atoms with Gasteiger partial charge in [0.15, 0.2) is 5.72 Å². The van der Waals surface area contributed by atoms with Crippen molar-refractivity contribution < 1.29 is 14.6 Å². The van der Waals surface area contributed by atoms with E-state index in [0.717, 1.165) is 12.8 Å². The van der Waals surface area contributed by atoms with Crippen LogP contribution in [0, 0.1) is 0 Å². The zero-order valence-electron chi connectivity index (χ0n) is 12.8. The minimum absolute atomic E-state index is 0.451. The highest BCUT2D eigenvalue weighted by Gasteiger charge is 2.32. The van der Waals surface area contributed by atoms with Gasteiger partial charge in [0.25, 0.3) is 0 Å². The Labute approximate surface area is 121 Å². The third-order valence-electron chi connectivity index (χ3n) is 2.85. The molecule has 2 N–H and O–H groups in total. The summed E-state index contributed by atoms with van der Waals surface area (Å²) in [5, 5.41) is 13.4. The largest absolute Gasteiger partial charge is 0.444 e. The Hall–Kier alpha value is -1.55. The van der Waals surface area contributed by atoms with Crippen LogP contribution in [0.25, 0.3) is 0 Å². The van der Waals surface area contributed by atoms with Gasteiger partial charge < -0.3 is 9.84 Å². The second-order valence-electron chi connectivity index (χ2n) is 5.96. The highest BCUT2D eigenvalue weighted by molar-refractivity contribution is 5.68. The first-order valence-corrected chi connectivity index (χ1v) is 7.06. The van der Waals surface area contributed by atoms with Crippen LogP contribution in [-0.2, 0) is 10.5 Å². The summed E-state index contributed by atoms with van der Waals surface area (Å²) in [4.78, 5) is 11.9. The van der Waals surface area contributed by atoms with Gasteiger partial charge in [-0.15, -0.1) is 0 Å². The third-order valence-corrected chi connectivity index (χ3v) is 2.85. The van der Waals surface area contributed by atoms with E-state index >= 15 is 0 Å². The van der Waals surface area contributed by atoms with Gasteiger partial charge in [0, 0.05) is 5.56 Å². The number of carbonyl (C=O) groups excluding carboxylic acids is 1. The van der Waals surface area contributed by atoms with Crippen molar-refractivity contribution in [3.63, 3.8) is 0 Å². The summed E-state index contributed by atoms with van der Waals surface area (Å²) >= 11 is 0. The van der Waals surface area contributed by atoms with Gasteiger partial charge in [-0.25, -0.2) is 4.79 Å². The minimum Gasteiger partial charge on any atom is -0.444 e. The van der Waals surface area contributed by atoms with E-state index in [0.29, 0.717) is 12.0 Å². The lowest BCUT2D eigenvalue weighted by molar-refractivity contribution is -0.0247. The van der Waals surface area contributed by atoms with Crippen molar-refractivity contribution in [1.29, 1.82) is 0 Å². The Balaban J connectivity index is 2.87. The average molecular weight is 279 g/mol. The molecule has 20 heavy (non-hydrogen) atoms. The molecule has 0 bridgehead atoms. The molecular weight excluding hydrogens is 254 g/mol. The van der Waals surface area contributed by atoms with Gasteiger partial charge in [-0.2, -0.15) is 0 Å². The molecule has 0 saturated heterocycles. The molecule has 0 aromatic heterocycles. The molecule has 1 rings (SSSR count). The second kappa shape index (κ2) is 6.75. The maximum atomic E-state index is 11.9. The molecule has 1 aromatic rings. The average Bonchev–Trinajstić information content (AvgIpc) is 2.35. The van der Waals surface area contributed by atoms with Crippen LogP contribution in [0.2, 0.25) is 0 Å². The van der Waals surface area contributed by atoms with E-state index in [1.807, 2.05) is 25.1 Å². The van der Waals surface area contributed by atoms with Crippen molar-refractivity contribution in [2.24, 2.45) is 0 Å². The number of nitrogens with one attached hydrogen (secondary N) is 1. The standard InChI is InChI=1S/C16H25NO3/c1-5-6-12-16(19,13-10-8-7-9-11-13)17-14(18)20-15(2,3)4/h7-11,19H,5-6,12H2,1-4H3,(H,17,18). The summed E-state index contributed by atoms with van der Waals surface area (Å²) in [7, 11) is 0. The molecule has 0 spiro atoms. The van der Waals surface area contributed by atoms with Gasteiger partial charge in [-0.1, -0.05) is 43.7 Å². The summed E-state index contributed by atoms with van der Waals surface area (Å²) in [5.41, 5.74) is -1.31. The first-order chi connectivity index (χ1) is 9.27. The number of unbranched alkanes of at least 4 members (excludes halogenated alkanes) is 1. The second-order valence-corrected chi connectivity index (χ2v) is 5.96. The van der Waals surface area contributed by atoms with E-state index in [2.05, 4.69) is 5.32 Å². The molecule has 0 aliphatic carbocycles. The highest BCUT2D eigenvalue weighted by atomic mass is 16.6. The van der Waals surface area contributed by atoms with Crippen LogP contribution in [0.4, 0.5) is 4.79 Å². The number of benzene rings is 1. The first kappa shape index (κ1) is 16.5. The molecule has 1 atom stereocenters. The van der Waals surface area contributed by atoms with Crippen LogP contribution >= 0.6 is 0 Å². The molecule has 0 radical (unpaired) electrons. The molecule has 1 amide bonds. The van der Waals surface area contributed by atoms with Crippen LogP contribution < -0.4 is 5.32 Å². The molecular formula is C16H25NO3. The number of hydrogen-bond donors (Lipinski definition) is 2. The predicted molar refractivity (Wildman–Crippen MR) is 79.2 cm³/mol. The van der Waals surface area contributed by atoms with E-state index < -0.39 is 17.4 Å².